The van der Waals surface area contributed by atoms with Crippen molar-refractivity contribution < 1.29 is 9.59 Å². The summed E-state index contributed by atoms with van der Waals surface area (Å²) in [7, 11) is 3.17. The number of carbonyl (C=O) groups excluding carboxylic acids is 2. The minimum absolute atomic E-state index is 0.00752. The SMILES string of the molecule is NC(CSSCC(N)C(=O)N1CCn2cc(C3CCCCC3)nc2C1CC1CCCCC1)C(=O)N1CCn2cc(C3CCCCC3)nc2C1CC1CCCCC1. The van der Waals surface area contributed by atoms with E-state index >= 15 is 0 Å². The molecule has 6 aliphatic rings. The highest BCUT2D eigenvalue weighted by Crippen LogP contribution is 2.41. The first-order valence-corrected chi connectivity index (χ1v) is 25.4. The van der Waals surface area contributed by atoms with Crippen LogP contribution in [-0.4, -0.2) is 77.4 Å². The number of imidazole rings is 2. The second-order valence-electron chi connectivity index (χ2n) is 18.5. The second kappa shape index (κ2) is 19.4. The Balaban J connectivity index is 0.875. The van der Waals surface area contributed by atoms with E-state index in [0.29, 0.717) is 48.3 Å². The molecule has 4 atom stereocenters. The Labute approximate surface area is 344 Å². The van der Waals surface area contributed by atoms with Crippen molar-refractivity contribution in [3.8, 4) is 0 Å². The highest BCUT2D eigenvalue weighted by molar-refractivity contribution is 8.76. The Morgan fingerprint density at radius 1 is 0.554 bits per heavy atom. The van der Waals surface area contributed by atoms with Gasteiger partial charge in [-0.3, -0.25) is 9.59 Å². The summed E-state index contributed by atoms with van der Waals surface area (Å²) in [6.45, 7) is 2.95. The first-order chi connectivity index (χ1) is 27.4. The smallest absolute Gasteiger partial charge is 0.241 e. The zero-order chi connectivity index (χ0) is 38.4. The molecule has 10 nitrogen and oxygen atoms in total. The number of hydrogen-bond acceptors (Lipinski definition) is 8. The van der Waals surface area contributed by atoms with Crippen molar-refractivity contribution >= 4 is 33.4 Å². The lowest BCUT2D eigenvalue weighted by Crippen LogP contribution is -2.51. The summed E-state index contributed by atoms with van der Waals surface area (Å²) < 4.78 is 4.72. The Morgan fingerprint density at radius 2 is 0.911 bits per heavy atom. The van der Waals surface area contributed by atoms with Crippen molar-refractivity contribution in [2.75, 3.05) is 24.6 Å². The van der Waals surface area contributed by atoms with E-state index < -0.39 is 12.1 Å². The molecule has 4 heterocycles. The van der Waals surface area contributed by atoms with E-state index in [9.17, 15) is 9.59 Å². The number of nitrogens with two attached hydrogens (primary N) is 2. The van der Waals surface area contributed by atoms with Crippen LogP contribution in [0.4, 0.5) is 0 Å². The predicted octanol–water partition coefficient (Wildman–Crippen LogP) is 8.62. The largest absolute Gasteiger partial charge is 0.331 e. The van der Waals surface area contributed by atoms with Crippen LogP contribution in [0.1, 0.15) is 188 Å². The van der Waals surface area contributed by atoms with E-state index in [4.69, 9.17) is 21.4 Å². The molecule has 0 radical (unpaired) electrons. The van der Waals surface area contributed by atoms with Gasteiger partial charge in [0.2, 0.25) is 11.8 Å². The third-order valence-corrected chi connectivity index (χ3v) is 17.0. The molecule has 56 heavy (non-hydrogen) atoms. The highest BCUT2D eigenvalue weighted by atomic mass is 33.1. The Morgan fingerprint density at radius 3 is 1.29 bits per heavy atom. The van der Waals surface area contributed by atoms with Gasteiger partial charge in [-0.2, -0.15) is 0 Å². The average Bonchev–Trinajstić information content (AvgIpc) is 3.89. The van der Waals surface area contributed by atoms with Crippen molar-refractivity contribution in [1.82, 2.24) is 28.9 Å². The molecule has 0 saturated heterocycles. The van der Waals surface area contributed by atoms with Crippen LogP contribution in [-0.2, 0) is 22.7 Å². The van der Waals surface area contributed by atoms with Gasteiger partial charge >= 0.3 is 0 Å². The summed E-state index contributed by atoms with van der Waals surface area (Å²) in [5.74, 6) is 5.60. The van der Waals surface area contributed by atoms with Crippen LogP contribution in [0.3, 0.4) is 0 Å². The van der Waals surface area contributed by atoms with E-state index in [-0.39, 0.29) is 23.9 Å². The van der Waals surface area contributed by atoms with Crippen molar-refractivity contribution in [1.29, 1.82) is 0 Å². The molecule has 2 aliphatic heterocycles. The van der Waals surface area contributed by atoms with Crippen LogP contribution in [0.2, 0.25) is 0 Å². The number of nitrogens with zero attached hydrogens (tertiary/aromatic N) is 6. The molecule has 4 unspecified atom stereocenters. The fraction of sp³-hybridized carbons (Fsp3) is 0.818. The summed E-state index contributed by atoms with van der Waals surface area (Å²) >= 11 is 0. The number of rotatable bonds is 13. The fourth-order valence-electron chi connectivity index (χ4n) is 11.3. The van der Waals surface area contributed by atoms with Gasteiger partial charge in [0.15, 0.2) is 0 Å². The van der Waals surface area contributed by atoms with Crippen molar-refractivity contribution in [2.45, 2.75) is 190 Å². The van der Waals surface area contributed by atoms with Crippen molar-refractivity contribution in [3.63, 3.8) is 0 Å². The van der Waals surface area contributed by atoms with E-state index in [1.807, 2.05) is 0 Å². The minimum atomic E-state index is -0.605. The van der Waals surface area contributed by atoms with Crippen LogP contribution in [0, 0.1) is 11.8 Å². The maximum absolute atomic E-state index is 14.2. The molecular formula is C44H70N8O2S2. The molecule has 0 bridgehead atoms. The minimum Gasteiger partial charge on any atom is -0.331 e. The molecular weight excluding hydrogens is 737 g/mol. The normalized spacial score (nSPS) is 25.8. The zero-order valence-corrected chi connectivity index (χ0v) is 35.7. The fourth-order valence-corrected chi connectivity index (χ4v) is 13.5. The third kappa shape index (κ3) is 9.54. The molecule has 2 aromatic rings. The van der Waals surface area contributed by atoms with Gasteiger partial charge in [0.25, 0.3) is 0 Å². The topological polar surface area (TPSA) is 128 Å². The van der Waals surface area contributed by atoms with Crippen LogP contribution in [0.15, 0.2) is 12.4 Å². The number of aromatic nitrogens is 4. The van der Waals surface area contributed by atoms with Crippen LogP contribution in [0.5, 0.6) is 0 Å². The Hall–Kier alpha value is -2.02. The van der Waals surface area contributed by atoms with Crippen molar-refractivity contribution in [3.05, 3.63) is 35.4 Å². The molecule has 0 aromatic carbocycles. The van der Waals surface area contributed by atoms with Gasteiger partial charge in [0.1, 0.15) is 11.6 Å². The summed E-state index contributed by atoms with van der Waals surface area (Å²) in [6.07, 6.45) is 32.1. The maximum Gasteiger partial charge on any atom is 0.241 e. The van der Waals surface area contributed by atoms with E-state index in [2.05, 4.69) is 31.3 Å². The highest BCUT2D eigenvalue weighted by Gasteiger charge is 2.39. The van der Waals surface area contributed by atoms with E-state index in [1.54, 1.807) is 21.6 Å². The van der Waals surface area contributed by atoms with Gasteiger partial charge in [-0.25, -0.2) is 9.97 Å². The zero-order valence-electron chi connectivity index (χ0n) is 34.0. The van der Waals surface area contributed by atoms with E-state index in [1.165, 1.54) is 140 Å². The monoisotopic (exact) mass is 807 g/mol. The number of hydrogen-bond donors (Lipinski definition) is 2. The standard InChI is InChI=1S/C44H70N8O2S2/c45-35(43(53)51-23-21-49-27-37(33-17-9-3-10-18-33)47-41(49)39(51)25-31-13-5-1-6-14-31)29-55-56-30-36(46)44(54)52-24-22-50-28-38(34-19-11-4-12-20-34)48-42(50)40(52)26-32-15-7-2-8-16-32/h27-28,31-36,39-40H,1-26,29-30,45-46H2. The number of amides is 2. The molecule has 4 fully saturated rings. The molecule has 4 saturated carbocycles. The molecule has 12 heteroatoms. The average molecular weight is 807 g/mol. The molecule has 2 aromatic heterocycles. The number of carbonyl (C=O) groups is 2. The van der Waals surface area contributed by atoms with Gasteiger partial charge in [-0.05, 0) is 50.4 Å². The first-order valence-electron chi connectivity index (χ1n) is 22.9. The van der Waals surface area contributed by atoms with Crippen molar-refractivity contribution in [2.24, 2.45) is 23.3 Å². The molecule has 310 valence electrons. The maximum atomic E-state index is 14.2. The summed E-state index contributed by atoms with van der Waals surface area (Å²) in [6, 6.07) is -1.22. The molecule has 4 aliphatic carbocycles. The molecule has 0 spiro atoms. The van der Waals surface area contributed by atoms with Gasteiger partial charge in [0, 0.05) is 61.9 Å². The second-order valence-corrected chi connectivity index (χ2v) is 21.0. The summed E-state index contributed by atoms with van der Waals surface area (Å²) in [5, 5.41) is 0. The van der Waals surface area contributed by atoms with Crippen LogP contribution >= 0.6 is 21.6 Å². The summed E-state index contributed by atoms with van der Waals surface area (Å²) in [5.41, 5.74) is 15.9. The quantitative estimate of drug-likeness (QED) is 0.152. The van der Waals surface area contributed by atoms with Gasteiger partial charge in [0.05, 0.1) is 35.6 Å². The lowest BCUT2D eigenvalue weighted by molar-refractivity contribution is -0.137. The third-order valence-electron chi connectivity index (χ3n) is 14.6. The lowest BCUT2D eigenvalue weighted by Gasteiger charge is -2.39. The van der Waals surface area contributed by atoms with Gasteiger partial charge in [-0.15, -0.1) is 0 Å². The molecule has 4 N–H and O–H groups in total. The van der Waals surface area contributed by atoms with E-state index in [0.717, 1.165) is 37.6 Å². The number of fused-ring (bicyclic) bond motifs is 2. The van der Waals surface area contributed by atoms with Crippen LogP contribution < -0.4 is 11.5 Å². The summed E-state index contributed by atoms with van der Waals surface area (Å²) in [4.78, 5) is 43.1. The molecule has 2 amide bonds. The van der Waals surface area contributed by atoms with Gasteiger partial charge < -0.3 is 30.4 Å². The van der Waals surface area contributed by atoms with Crippen LogP contribution in [0.25, 0.3) is 0 Å². The Kier molecular flexibility index (Phi) is 14.1. The Bertz CT molecular complexity index is 1470. The van der Waals surface area contributed by atoms with Gasteiger partial charge in [-0.1, -0.05) is 124 Å². The predicted molar refractivity (Wildman–Crippen MR) is 228 cm³/mol. The molecule has 8 rings (SSSR count). The lowest BCUT2D eigenvalue weighted by atomic mass is 9.84. The first kappa shape index (κ1) is 40.7.